The van der Waals surface area contributed by atoms with Gasteiger partial charge < -0.3 is 16.4 Å². The molecule has 0 spiro atoms. The van der Waals surface area contributed by atoms with Crippen molar-refractivity contribution in [3.05, 3.63) is 47.7 Å². The molecule has 1 fully saturated rings. The molecule has 1 aromatic carbocycles. The summed E-state index contributed by atoms with van der Waals surface area (Å²) >= 11 is 0. The first-order valence-electron chi connectivity index (χ1n) is 7.56. The number of pyridine rings is 1. The minimum Gasteiger partial charge on any atom is -0.367 e. The number of hydrogen-bond donors (Lipinski definition) is 2. The predicted molar refractivity (Wildman–Crippen MR) is 87.5 cm³/mol. The predicted octanol–water partition coefficient (Wildman–Crippen LogP) is 2.05. The van der Waals surface area contributed by atoms with E-state index in [4.69, 9.17) is 11.5 Å². The van der Waals surface area contributed by atoms with E-state index in [-0.39, 0.29) is 11.1 Å². The Morgan fingerprint density at radius 1 is 1.29 bits per heavy atom. The van der Waals surface area contributed by atoms with Crippen LogP contribution in [0.15, 0.2) is 30.5 Å². The number of halogens is 2. The number of anilines is 1. The van der Waals surface area contributed by atoms with E-state index in [1.165, 1.54) is 24.4 Å². The summed E-state index contributed by atoms with van der Waals surface area (Å²) in [6, 6.07) is 4.64. The fourth-order valence-electron chi connectivity index (χ4n) is 3.05. The van der Waals surface area contributed by atoms with Crippen LogP contribution in [-0.2, 0) is 0 Å². The van der Waals surface area contributed by atoms with Gasteiger partial charge in [-0.3, -0.25) is 9.78 Å². The number of aromatic nitrogens is 1. The molecule has 3 rings (SSSR count). The first-order chi connectivity index (χ1) is 11.3. The van der Waals surface area contributed by atoms with Gasteiger partial charge in [0, 0.05) is 36.5 Å². The highest BCUT2D eigenvalue weighted by atomic mass is 19.1. The third-order valence-corrected chi connectivity index (χ3v) is 4.15. The Labute approximate surface area is 138 Å². The summed E-state index contributed by atoms with van der Waals surface area (Å²) in [6.45, 7) is 3.00. The molecule has 0 unspecified atom stereocenters. The molecule has 0 bridgehead atoms. The van der Waals surface area contributed by atoms with Gasteiger partial charge in [0.05, 0.1) is 16.9 Å². The summed E-state index contributed by atoms with van der Waals surface area (Å²) in [5, 5.41) is 0. The number of amides is 1. The van der Waals surface area contributed by atoms with Crippen molar-refractivity contribution in [2.45, 2.75) is 18.9 Å². The van der Waals surface area contributed by atoms with Gasteiger partial charge in [-0.1, -0.05) is 0 Å². The van der Waals surface area contributed by atoms with Gasteiger partial charge >= 0.3 is 0 Å². The lowest BCUT2D eigenvalue weighted by atomic mass is 10.0. The van der Waals surface area contributed by atoms with Crippen LogP contribution >= 0.6 is 0 Å². The molecule has 5 nitrogen and oxygen atoms in total. The minimum atomic E-state index is -0.715. The van der Waals surface area contributed by atoms with Crippen LogP contribution in [0.3, 0.4) is 0 Å². The zero-order valence-electron chi connectivity index (χ0n) is 13.2. The molecule has 1 aromatic heterocycles. The monoisotopic (exact) mass is 332 g/mol. The van der Waals surface area contributed by atoms with Crippen LogP contribution in [-0.4, -0.2) is 29.5 Å². The molecule has 1 aliphatic rings. The van der Waals surface area contributed by atoms with Crippen molar-refractivity contribution in [3.63, 3.8) is 0 Å². The summed E-state index contributed by atoms with van der Waals surface area (Å²) in [6.07, 6.45) is 2.12. The first-order valence-corrected chi connectivity index (χ1v) is 7.56. The van der Waals surface area contributed by atoms with Crippen LogP contribution in [0, 0.1) is 11.6 Å². The molecule has 24 heavy (non-hydrogen) atoms. The van der Waals surface area contributed by atoms with E-state index in [0.717, 1.165) is 12.5 Å². The maximum Gasteiger partial charge on any atom is 0.250 e. The van der Waals surface area contributed by atoms with Crippen LogP contribution in [0.25, 0.3) is 11.3 Å². The van der Waals surface area contributed by atoms with Crippen molar-refractivity contribution in [2.24, 2.45) is 11.5 Å². The molecule has 0 radical (unpaired) electrons. The van der Waals surface area contributed by atoms with Gasteiger partial charge in [0.15, 0.2) is 0 Å². The standard InChI is InChI=1S/C17H18F2N4O/c1-17(21)3-5-23(9-17)15-13(16(20)24)2-4-22-14(15)10-6-11(18)8-12(19)7-10/h2,4,6-8H,3,5,9,21H2,1H3,(H2,20,24)/t17-/m0/s1. The van der Waals surface area contributed by atoms with Gasteiger partial charge in [0.2, 0.25) is 0 Å². The van der Waals surface area contributed by atoms with E-state index in [1.54, 1.807) is 0 Å². The third kappa shape index (κ3) is 3.07. The van der Waals surface area contributed by atoms with Crippen molar-refractivity contribution < 1.29 is 13.6 Å². The van der Waals surface area contributed by atoms with Gasteiger partial charge in [0.25, 0.3) is 5.91 Å². The van der Waals surface area contributed by atoms with Crippen LogP contribution in [0.4, 0.5) is 14.5 Å². The Balaban J connectivity index is 2.19. The molecular weight excluding hydrogens is 314 g/mol. The van der Waals surface area contributed by atoms with E-state index < -0.39 is 23.1 Å². The second-order valence-electron chi connectivity index (χ2n) is 6.40. The Morgan fingerprint density at radius 2 is 1.96 bits per heavy atom. The lowest BCUT2D eigenvalue weighted by molar-refractivity contribution is 0.100. The molecule has 1 atom stereocenters. The summed E-state index contributed by atoms with van der Waals surface area (Å²) in [7, 11) is 0. The summed E-state index contributed by atoms with van der Waals surface area (Å²) < 4.78 is 27.2. The highest BCUT2D eigenvalue weighted by Crippen LogP contribution is 2.36. The van der Waals surface area contributed by atoms with Crippen molar-refractivity contribution >= 4 is 11.6 Å². The zero-order chi connectivity index (χ0) is 17.5. The van der Waals surface area contributed by atoms with Gasteiger partial charge in [-0.15, -0.1) is 0 Å². The van der Waals surface area contributed by atoms with Gasteiger partial charge in [-0.2, -0.15) is 0 Å². The maximum absolute atomic E-state index is 13.6. The molecule has 7 heteroatoms. The Morgan fingerprint density at radius 3 is 2.50 bits per heavy atom. The smallest absolute Gasteiger partial charge is 0.250 e. The number of nitrogens with zero attached hydrogens (tertiary/aromatic N) is 2. The fraction of sp³-hybridized carbons (Fsp3) is 0.294. The average molecular weight is 332 g/mol. The summed E-state index contributed by atoms with van der Waals surface area (Å²) in [5.74, 6) is -2.06. The van der Waals surface area contributed by atoms with Crippen molar-refractivity contribution in [1.82, 2.24) is 4.98 Å². The van der Waals surface area contributed by atoms with E-state index in [0.29, 0.717) is 24.5 Å². The normalized spacial score (nSPS) is 20.4. The molecule has 1 amide bonds. The lowest BCUT2D eigenvalue weighted by Gasteiger charge is -2.25. The van der Waals surface area contributed by atoms with E-state index >= 15 is 0 Å². The molecule has 0 aliphatic carbocycles. The molecule has 2 heterocycles. The highest BCUT2D eigenvalue weighted by Gasteiger charge is 2.33. The highest BCUT2D eigenvalue weighted by molar-refractivity contribution is 6.02. The van der Waals surface area contributed by atoms with E-state index in [9.17, 15) is 13.6 Å². The molecular formula is C17H18F2N4O. The average Bonchev–Trinajstić information content (AvgIpc) is 2.85. The van der Waals surface area contributed by atoms with Crippen LogP contribution in [0.1, 0.15) is 23.7 Å². The Kier molecular flexibility index (Phi) is 3.96. The number of hydrogen-bond acceptors (Lipinski definition) is 4. The first kappa shape index (κ1) is 16.3. The molecule has 1 aliphatic heterocycles. The summed E-state index contributed by atoms with van der Waals surface area (Å²) in [5.41, 5.74) is 12.5. The second kappa shape index (κ2) is 5.83. The van der Waals surface area contributed by atoms with Gasteiger partial charge in [-0.25, -0.2) is 8.78 Å². The van der Waals surface area contributed by atoms with Crippen LogP contribution in [0.2, 0.25) is 0 Å². The van der Waals surface area contributed by atoms with E-state index in [2.05, 4.69) is 4.98 Å². The number of carbonyl (C=O) groups is 1. The number of nitrogens with two attached hydrogens (primary N) is 2. The molecule has 1 saturated heterocycles. The third-order valence-electron chi connectivity index (χ3n) is 4.15. The van der Waals surface area contributed by atoms with Crippen LogP contribution < -0.4 is 16.4 Å². The van der Waals surface area contributed by atoms with E-state index in [1.807, 2.05) is 11.8 Å². The minimum absolute atomic E-state index is 0.247. The number of rotatable bonds is 3. The van der Waals surface area contributed by atoms with Gasteiger partial charge in [0.1, 0.15) is 11.6 Å². The van der Waals surface area contributed by atoms with Crippen molar-refractivity contribution in [3.8, 4) is 11.3 Å². The van der Waals surface area contributed by atoms with Crippen molar-refractivity contribution in [1.29, 1.82) is 0 Å². The number of primary amides is 1. The fourth-order valence-corrected chi connectivity index (χ4v) is 3.05. The molecule has 0 saturated carbocycles. The topological polar surface area (TPSA) is 85.2 Å². The lowest BCUT2D eigenvalue weighted by Crippen LogP contribution is -2.39. The number of benzene rings is 1. The zero-order valence-corrected chi connectivity index (χ0v) is 13.2. The molecule has 126 valence electrons. The molecule has 2 aromatic rings. The Bertz CT molecular complexity index is 787. The maximum atomic E-state index is 13.6. The SMILES string of the molecule is C[C@]1(N)CCN(c2c(C(N)=O)ccnc2-c2cc(F)cc(F)c2)C1. The van der Waals surface area contributed by atoms with Gasteiger partial charge in [-0.05, 0) is 31.5 Å². The number of carbonyl (C=O) groups excluding carboxylic acids is 1. The van der Waals surface area contributed by atoms with Crippen molar-refractivity contribution in [2.75, 3.05) is 18.0 Å². The van der Waals surface area contributed by atoms with Crippen LogP contribution in [0.5, 0.6) is 0 Å². The quantitative estimate of drug-likeness (QED) is 0.901. The largest absolute Gasteiger partial charge is 0.367 e. The second-order valence-corrected chi connectivity index (χ2v) is 6.40. The Hall–Kier alpha value is -2.54. The summed E-state index contributed by atoms with van der Waals surface area (Å²) in [4.78, 5) is 18.0. The molecule has 4 N–H and O–H groups in total.